The maximum atomic E-state index is 13.6. The quantitative estimate of drug-likeness (QED) is 0.206. The summed E-state index contributed by atoms with van der Waals surface area (Å²) >= 11 is 7.48. The van der Waals surface area contributed by atoms with E-state index in [9.17, 15) is 19.7 Å². The summed E-state index contributed by atoms with van der Waals surface area (Å²) in [6.45, 7) is 4.21. The number of nitro groups is 1. The summed E-state index contributed by atoms with van der Waals surface area (Å²) in [7, 11) is 0. The van der Waals surface area contributed by atoms with E-state index in [1.165, 1.54) is 23.9 Å². The van der Waals surface area contributed by atoms with E-state index < -0.39 is 11.0 Å². The van der Waals surface area contributed by atoms with Gasteiger partial charge in [-0.25, -0.2) is 0 Å². The Bertz CT molecular complexity index is 1210. The number of carbonyl (C=O) groups is 2. The molecule has 0 fully saturated rings. The summed E-state index contributed by atoms with van der Waals surface area (Å²) < 4.78 is 0. The largest absolute Gasteiger partial charge is 0.352 e. The number of nitro benzene ring substituents is 1. The molecule has 0 aliphatic rings. The molecule has 3 rings (SSSR count). The van der Waals surface area contributed by atoms with E-state index >= 15 is 0 Å². The van der Waals surface area contributed by atoms with Crippen molar-refractivity contribution in [1.82, 2.24) is 10.2 Å². The van der Waals surface area contributed by atoms with Crippen LogP contribution in [0.5, 0.6) is 0 Å². The second-order valence-electron chi connectivity index (χ2n) is 9.09. The van der Waals surface area contributed by atoms with Crippen LogP contribution in [-0.2, 0) is 28.3 Å². The first-order valence-corrected chi connectivity index (χ1v) is 14.0. The molecule has 9 heteroatoms. The average Bonchev–Trinajstić information content (AvgIpc) is 2.92. The van der Waals surface area contributed by atoms with Gasteiger partial charge in [-0.15, -0.1) is 11.8 Å². The van der Waals surface area contributed by atoms with Crippen molar-refractivity contribution < 1.29 is 14.5 Å². The van der Waals surface area contributed by atoms with E-state index in [1.54, 1.807) is 29.2 Å². The summed E-state index contributed by atoms with van der Waals surface area (Å²) in [5.41, 5.74) is 2.75. The van der Waals surface area contributed by atoms with Gasteiger partial charge in [0, 0.05) is 41.9 Å². The highest BCUT2D eigenvalue weighted by Crippen LogP contribution is 2.21. The predicted molar refractivity (Wildman–Crippen MR) is 153 cm³/mol. The molecule has 0 heterocycles. The van der Waals surface area contributed by atoms with Gasteiger partial charge in [0.2, 0.25) is 11.8 Å². The minimum absolute atomic E-state index is 0.0234. The minimum Gasteiger partial charge on any atom is -0.352 e. The molecule has 2 atom stereocenters. The van der Waals surface area contributed by atoms with Crippen LogP contribution in [0.2, 0.25) is 5.02 Å². The van der Waals surface area contributed by atoms with Gasteiger partial charge >= 0.3 is 0 Å². The molecule has 3 aromatic rings. The molecule has 1 N–H and O–H groups in total. The third kappa shape index (κ3) is 8.89. The molecule has 0 aliphatic heterocycles. The zero-order valence-electron chi connectivity index (χ0n) is 21.5. The van der Waals surface area contributed by atoms with E-state index in [2.05, 4.69) is 5.32 Å². The van der Waals surface area contributed by atoms with Crippen LogP contribution in [0.25, 0.3) is 0 Å². The topological polar surface area (TPSA) is 92.6 Å². The fourth-order valence-corrected chi connectivity index (χ4v) is 4.83. The fourth-order valence-electron chi connectivity index (χ4n) is 3.83. The molecule has 2 unspecified atom stereocenters. The summed E-state index contributed by atoms with van der Waals surface area (Å²) in [6.07, 6.45) is 1.16. The molecular weight excluding hydrogens is 522 g/mol. The van der Waals surface area contributed by atoms with Crippen molar-refractivity contribution in [3.05, 3.63) is 111 Å². The van der Waals surface area contributed by atoms with Crippen LogP contribution in [0, 0.1) is 10.1 Å². The van der Waals surface area contributed by atoms with Gasteiger partial charge < -0.3 is 10.2 Å². The summed E-state index contributed by atoms with van der Waals surface area (Å²) in [5, 5.41) is 14.6. The lowest BCUT2D eigenvalue weighted by Crippen LogP contribution is -2.52. The van der Waals surface area contributed by atoms with E-state index in [1.807, 2.05) is 56.3 Å². The molecule has 7 nitrogen and oxygen atoms in total. The third-order valence-electron chi connectivity index (χ3n) is 6.18. The minimum atomic E-state index is -0.699. The van der Waals surface area contributed by atoms with Gasteiger partial charge in [-0.1, -0.05) is 73.1 Å². The van der Waals surface area contributed by atoms with Gasteiger partial charge in [-0.05, 0) is 42.2 Å². The van der Waals surface area contributed by atoms with Crippen molar-refractivity contribution >= 4 is 40.9 Å². The number of hydrogen-bond acceptors (Lipinski definition) is 5. The van der Waals surface area contributed by atoms with Crippen LogP contribution >= 0.6 is 23.4 Å². The Labute approximate surface area is 232 Å². The van der Waals surface area contributed by atoms with Gasteiger partial charge in [0.1, 0.15) is 6.04 Å². The first-order valence-electron chi connectivity index (χ1n) is 12.5. The van der Waals surface area contributed by atoms with Crippen molar-refractivity contribution in [3.63, 3.8) is 0 Å². The second kappa shape index (κ2) is 14.5. The number of nitrogens with one attached hydrogen (secondary N) is 1. The Kier molecular flexibility index (Phi) is 11.2. The van der Waals surface area contributed by atoms with Crippen molar-refractivity contribution in [3.8, 4) is 0 Å². The van der Waals surface area contributed by atoms with Crippen molar-refractivity contribution in [1.29, 1.82) is 0 Å². The van der Waals surface area contributed by atoms with E-state index in [4.69, 9.17) is 11.6 Å². The second-order valence-corrected chi connectivity index (χ2v) is 10.5. The van der Waals surface area contributed by atoms with Crippen molar-refractivity contribution in [2.24, 2.45) is 0 Å². The highest BCUT2D eigenvalue weighted by Gasteiger charge is 2.30. The molecule has 38 heavy (non-hydrogen) atoms. The van der Waals surface area contributed by atoms with E-state index in [0.29, 0.717) is 17.2 Å². The summed E-state index contributed by atoms with van der Waals surface area (Å²) in [5.74, 6) is 0.325. The Morgan fingerprint density at radius 3 is 2.21 bits per heavy atom. The number of amides is 2. The number of hydrogen-bond donors (Lipinski definition) is 1. The molecule has 0 aromatic heterocycles. The number of benzene rings is 3. The van der Waals surface area contributed by atoms with Crippen LogP contribution in [0.15, 0.2) is 78.9 Å². The number of nitrogens with zero attached hydrogens (tertiary/aromatic N) is 2. The van der Waals surface area contributed by atoms with Crippen molar-refractivity contribution in [2.45, 2.75) is 51.1 Å². The standard InChI is InChI=1S/C29H32ClN3O4S/c1-3-21(2)31-29(35)27(17-22-7-5-4-6-8-22)32(18-23-9-13-25(30)14-10-23)28(34)20-38-19-24-11-15-26(16-12-24)33(36)37/h4-16,21,27H,3,17-20H2,1-2H3,(H,31,35). The van der Waals surface area contributed by atoms with Crippen LogP contribution in [0.3, 0.4) is 0 Å². The lowest BCUT2D eigenvalue weighted by molar-refractivity contribution is -0.384. The van der Waals surface area contributed by atoms with Gasteiger partial charge in [-0.3, -0.25) is 19.7 Å². The monoisotopic (exact) mass is 553 g/mol. The third-order valence-corrected chi connectivity index (χ3v) is 7.42. The molecule has 200 valence electrons. The molecule has 3 aromatic carbocycles. The van der Waals surface area contributed by atoms with Crippen LogP contribution in [-0.4, -0.2) is 39.5 Å². The zero-order chi connectivity index (χ0) is 27.5. The summed E-state index contributed by atoms with van der Waals surface area (Å²) in [6, 6.07) is 22.5. The number of thioether (sulfide) groups is 1. The van der Waals surface area contributed by atoms with Crippen LogP contribution in [0.1, 0.15) is 37.0 Å². The molecule has 0 saturated heterocycles. The molecular formula is C29H32ClN3O4S. The highest BCUT2D eigenvalue weighted by molar-refractivity contribution is 7.99. The number of non-ortho nitro benzene ring substituents is 1. The molecule has 2 amide bonds. The normalized spacial score (nSPS) is 12.4. The fraction of sp³-hybridized carbons (Fsp3) is 0.310. The van der Waals surface area contributed by atoms with E-state index in [0.717, 1.165) is 23.1 Å². The van der Waals surface area contributed by atoms with Gasteiger partial charge in [0.25, 0.3) is 5.69 Å². The summed E-state index contributed by atoms with van der Waals surface area (Å²) in [4.78, 5) is 39.3. The molecule has 0 spiro atoms. The van der Waals surface area contributed by atoms with Crippen molar-refractivity contribution in [2.75, 3.05) is 5.75 Å². The van der Waals surface area contributed by atoms with Gasteiger partial charge in [-0.2, -0.15) is 0 Å². The smallest absolute Gasteiger partial charge is 0.269 e. The molecule has 0 bridgehead atoms. The molecule has 0 radical (unpaired) electrons. The highest BCUT2D eigenvalue weighted by atomic mass is 35.5. The number of rotatable bonds is 13. The Morgan fingerprint density at radius 1 is 0.974 bits per heavy atom. The average molecular weight is 554 g/mol. The SMILES string of the molecule is CCC(C)NC(=O)C(Cc1ccccc1)N(Cc1ccc(Cl)cc1)C(=O)CSCc1ccc([N+](=O)[O-])cc1. The Hall–Kier alpha value is -3.36. The van der Waals surface area contributed by atoms with Crippen LogP contribution < -0.4 is 5.32 Å². The van der Waals surface area contributed by atoms with Gasteiger partial charge in [0.15, 0.2) is 0 Å². The Morgan fingerprint density at radius 2 is 1.61 bits per heavy atom. The predicted octanol–water partition coefficient (Wildman–Crippen LogP) is 6.04. The van der Waals surface area contributed by atoms with Gasteiger partial charge in [0.05, 0.1) is 10.7 Å². The lowest BCUT2D eigenvalue weighted by atomic mass is 10.0. The first kappa shape index (κ1) is 29.2. The van der Waals surface area contributed by atoms with Crippen LogP contribution in [0.4, 0.5) is 5.69 Å². The lowest BCUT2D eigenvalue weighted by Gasteiger charge is -2.32. The van der Waals surface area contributed by atoms with E-state index in [-0.39, 0.29) is 35.8 Å². The number of halogens is 1. The number of carbonyl (C=O) groups excluding carboxylic acids is 2. The molecule has 0 aliphatic carbocycles. The first-order chi connectivity index (χ1) is 18.3. The maximum absolute atomic E-state index is 13.6. The zero-order valence-corrected chi connectivity index (χ0v) is 23.1. The maximum Gasteiger partial charge on any atom is 0.269 e. The molecule has 0 saturated carbocycles. The Balaban J connectivity index is 1.82.